The third kappa shape index (κ3) is 5.69. The summed E-state index contributed by atoms with van der Waals surface area (Å²) in [6.07, 6.45) is 1.91. The number of rotatable bonds is 8. The van der Waals surface area contributed by atoms with Crippen molar-refractivity contribution in [2.24, 2.45) is 0 Å². The largest absolute Gasteiger partial charge is 0.497 e. The summed E-state index contributed by atoms with van der Waals surface area (Å²) < 4.78 is 6.91. The number of piperidine rings is 1. The van der Waals surface area contributed by atoms with E-state index in [1.165, 1.54) is 6.92 Å². The van der Waals surface area contributed by atoms with E-state index in [4.69, 9.17) is 4.74 Å². The molecule has 3 aromatic rings. The number of nitrogens with one attached hydrogen (secondary N) is 2. The summed E-state index contributed by atoms with van der Waals surface area (Å²) in [5.74, 6) is 1.01. The molecule has 0 spiro atoms. The molecule has 4 rings (SSSR count). The summed E-state index contributed by atoms with van der Waals surface area (Å²) >= 11 is 0. The highest BCUT2D eigenvalue weighted by atomic mass is 16.5. The molecule has 178 valence electrons. The summed E-state index contributed by atoms with van der Waals surface area (Å²) in [5, 5.41) is 18.1. The van der Waals surface area contributed by atoms with Crippen LogP contribution < -0.4 is 20.3 Å². The standard InChI is InChI=1S/C24H29N7O3/c1-17(32)25-22(16-18-8-10-21(34-2)11-9-18)23(33)26-19-12-14-30(15-13-19)24-27-28-29-31(24)20-6-4-3-5-7-20/h3-11,19,22H,12-16H2,1-2H3,(H,25,32)(H,26,33)/t22-/m1/s1. The normalized spacial score (nSPS) is 14.9. The number of ether oxygens (including phenoxy) is 1. The van der Waals surface area contributed by atoms with Gasteiger partial charge in [0.1, 0.15) is 11.8 Å². The van der Waals surface area contributed by atoms with Gasteiger partial charge >= 0.3 is 0 Å². The minimum Gasteiger partial charge on any atom is -0.497 e. The fraction of sp³-hybridized carbons (Fsp3) is 0.375. The van der Waals surface area contributed by atoms with E-state index in [2.05, 4.69) is 31.1 Å². The number of carbonyl (C=O) groups excluding carboxylic acids is 2. The van der Waals surface area contributed by atoms with Crippen LogP contribution in [-0.2, 0) is 16.0 Å². The van der Waals surface area contributed by atoms with Crippen LogP contribution in [-0.4, -0.2) is 64.3 Å². The SMILES string of the molecule is COc1ccc(C[C@@H](NC(C)=O)C(=O)NC2CCN(c3nnnn3-c3ccccc3)CC2)cc1. The van der Waals surface area contributed by atoms with E-state index >= 15 is 0 Å². The van der Waals surface area contributed by atoms with E-state index in [-0.39, 0.29) is 17.9 Å². The van der Waals surface area contributed by atoms with E-state index in [0.29, 0.717) is 25.5 Å². The number of anilines is 1. The minimum atomic E-state index is -0.644. The molecule has 2 N–H and O–H groups in total. The Morgan fingerprint density at radius 1 is 1.09 bits per heavy atom. The quantitative estimate of drug-likeness (QED) is 0.520. The van der Waals surface area contributed by atoms with Crippen LogP contribution in [0.25, 0.3) is 5.69 Å². The van der Waals surface area contributed by atoms with Crippen LogP contribution in [0.15, 0.2) is 54.6 Å². The number of hydrogen-bond donors (Lipinski definition) is 2. The van der Waals surface area contributed by atoms with Gasteiger partial charge in [-0.25, -0.2) is 0 Å². The van der Waals surface area contributed by atoms with Crippen molar-refractivity contribution in [1.29, 1.82) is 0 Å². The number of carbonyl (C=O) groups is 2. The zero-order valence-corrected chi connectivity index (χ0v) is 19.3. The summed E-state index contributed by atoms with van der Waals surface area (Å²) in [6, 6.07) is 16.6. The van der Waals surface area contributed by atoms with Gasteiger partial charge in [-0.05, 0) is 53.1 Å². The topological polar surface area (TPSA) is 114 Å². The zero-order valence-electron chi connectivity index (χ0n) is 19.3. The molecule has 0 unspecified atom stereocenters. The number of benzene rings is 2. The molecule has 2 amide bonds. The lowest BCUT2D eigenvalue weighted by atomic mass is 10.0. The molecule has 1 aliphatic rings. The molecule has 10 nitrogen and oxygen atoms in total. The molecule has 0 radical (unpaired) electrons. The van der Waals surface area contributed by atoms with Gasteiger partial charge in [-0.3, -0.25) is 9.59 Å². The van der Waals surface area contributed by atoms with Crippen LogP contribution in [0.5, 0.6) is 5.75 Å². The van der Waals surface area contributed by atoms with Crippen LogP contribution in [0.2, 0.25) is 0 Å². The predicted octanol–water partition coefficient (Wildman–Crippen LogP) is 1.50. The molecule has 2 heterocycles. The van der Waals surface area contributed by atoms with E-state index in [0.717, 1.165) is 29.8 Å². The van der Waals surface area contributed by atoms with Gasteiger partial charge in [0.15, 0.2) is 0 Å². The lowest BCUT2D eigenvalue weighted by molar-refractivity contribution is -0.128. The van der Waals surface area contributed by atoms with Crippen LogP contribution in [0, 0.1) is 0 Å². The van der Waals surface area contributed by atoms with Gasteiger partial charge in [0.05, 0.1) is 12.8 Å². The predicted molar refractivity (Wildman–Crippen MR) is 127 cm³/mol. The van der Waals surface area contributed by atoms with E-state index in [9.17, 15) is 9.59 Å². The second-order valence-corrected chi connectivity index (χ2v) is 8.30. The number of nitrogens with zero attached hydrogens (tertiary/aromatic N) is 5. The minimum absolute atomic E-state index is 0.0110. The molecule has 1 aliphatic heterocycles. The second kappa shape index (κ2) is 10.8. The number of aromatic nitrogens is 4. The van der Waals surface area contributed by atoms with Crippen molar-refractivity contribution < 1.29 is 14.3 Å². The Bertz CT molecular complexity index is 1090. The molecule has 1 aromatic heterocycles. The molecule has 0 bridgehead atoms. The Kier molecular flexibility index (Phi) is 7.36. The highest BCUT2D eigenvalue weighted by Crippen LogP contribution is 2.20. The number of amides is 2. The van der Waals surface area contributed by atoms with Crippen LogP contribution in [0.3, 0.4) is 0 Å². The summed E-state index contributed by atoms with van der Waals surface area (Å²) in [7, 11) is 1.61. The Labute approximate surface area is 198 Å². The van der Waals surface area contributed by atoms with Gasteiger partial charge in [0, 0.05) is 32.5 Å². The molecule has 1 saturated heterocycles. The van der Waals surface area contributed by atoms with Crippen molar-refractivity contribution in [3.05, 3.63) is 60.2 Å². The first-order valence-electron chi connectivity index (χ1n) is 11.3. The molecule has 0 saturated carbocycles. The molecular formula is C24H29N7O3. The Hall–Kier alpha value is -3.95. The first-order valence-corrected chi connectivity index (χ1v) is 11.3. The lowest BCUT2D eigenvalue weighted by Crippen LogP contribution is -2.52. The summed E-state index contributed by atoms with van der Waals surface area (Å²) in [6.45, 7) is 2.84. The van der Waals surface area contributed by atoms with Crippen LogP contribution in [0.4, 0.5) is 5.95 Å². The zero-order chi connectivity index (χ0) is 23.9. The van der Waals surface area contributed by atoms with E-state index in [1.54, 1.807) is 11.8 Å². The average molecular weight is 464 g/mol. The number of hydrogen-bond acceptors (Lipinski definition) is 7. The van der Waals surface area contributed by atoms with Crippen molar-refractivity contribution in [2.45, 2.75) is 38.3 Å². The van der Waals surface area contributed by atoms with Crippen LogP contribution in [0.1, 0.15) is 25.3 Å². The third-order valence-corrected chi connectivity index (χ3v) is 5.87. The first kappa shape index (κ1) is 23.2. The van der Waals surface area contributed by atoms with Gasteiger partial charge in [-0.2, -0.15) is 4.68 Å². The van der Waals surface area contributed by atoms with Gasteiger partial charge in [0.25, 0.3) is 0 Å². The van der Waals surface area contributed by atoms with Crippen molar-refractivity contribution >= 4 is 17.8 Å². The molecule has 1 fully saturated rings. The van der Waals surface area contributed by atoms with Gasteiger partial charge in [-0.15, -0.1) is 0 Å². The van der Waals surface area contributed by atoms with E-state index < -0.39 is 6.04 Å². The molecule has 1 atom stereocenters. The highest BCUT2D eigenvalue weighted by Gasteiger charge is 2.27. The lowest BCUT2D eigenvalue weighted by Gasteiger charge is -2.33. The summed E-state index contributed by atoms with van der Waals surface area (Å²) in [4.78, 5) is 26.9. The first-order chi connectivity index (χ1) is 16.5. The Morgan fingerprint density at radius 3 is 2.44 bits per heavy atom. The average Bonchev–Trinajstić information content (AvgIpc) is 3.35. The monoisotopic (exact) mass is 463 g/mol. The van der Waals surface area contributed by atoms with Gasteiger partial charge in [0.2, 0.25) is 17.8 Å². The fourth-order valence-corrected chi connectivity index (χ4v) is 4.09. The van der Waals surface area contributed by atoms with Crippen molar-refractivity contribution in [3.8, 4) is 11.4 Å². The second-order valence-electron chi connectivity index (χ2n) is 8.30. The molecule has 10 heteroatoms. The third-order valence-electron chi connectivity index (χ3n) is 5.87. The summed E-state index contributed by atoms with van der Waals surface area (Å²) in [5.41, 5.74) is 1.84. The number of para-hydroxylation sites is 1. The van der Waals surface area contributed by atoms with Crippen molar-refractivity contribution in [2.75, 3.05) is 25.1 Å². The molecular weight excluding hydrogens is 434 g/mol. The number of tetrazole rings is 1. The highest BCUT2D eigenvalue weighted by molar-refractivity contribution is 5.87. The number of methoxy groups -OCH3 is 1. The molecule has 0 aliphatic carbocycles. The maximum absolute atomic E-state index is 13.0. The Balaban J connectivity index is 1.35. The Morgan fingerprint density at radius 2 is 1.79 bits per heavy atom. The van der Waals surface area contributed by atoms with Crippen molar-refractivity contribution in [1.82, 2.24) is 30.8 Å². The van der Waals surface area contributed by atoms with Crippen molar-refractivity contribution in [3.63, 3.8) is 0 Å². The van der Waals surface area contributed by atoms with Crippen LogP contribution >= 0.6 is 0 Å². The maximum atomic E-state index is 13.0. The van der Waals surface area contributed by atoms with Gasteiger partial charge in [-0.1, -0.05) is 35.4 Å². The fourth-order valence-electron chi connectivity index (χ4n) is 4.09. The van der Waals surface area contributed by atoms with Gasteiger partial charge < -0.3 is 20.3 Å². The molecule has 2 aromatic carbocycles. The molecule has 34 heavy (non-hydrogen) atoms. The van der Waals surface area contributed by atoms with E-state index in [1.807, 2.05) is 54.6 Å². The maximum Gasteiger partial charge on any atom is 0.250 e. The smallest absolute Gasteiger partial charge is 0.250 e.